The fourth-order valence-corrected chi connectivity index (χ4v) is 11.6. The van der Waals surface area contributed by atoms with Gasteiger partial charge in [0.15, 0.2) is 17.2 Å². The molecule has 2 bridgehead atoms. The number of nitrogens with one attached hydrogen (secondary N) is 1. The highest BCUT2D eigenvalue weighted by Gasteiger charge is 2.67. The first-order valence-corrected chi connectivity index (χ1v) is 16.9. The van der Waals surface area contributed by atoms with Gasteiger partial charge in [0.25, 0.3) is 0 Å². The lowest BCUT2D eigenvalue weighted by molar-refractivity contribution is -0.990. The molecule has 3 aromatic rings. The average Bonchev–Trinajstić information content (AvgIpc) is 3.57. The van der Waals surface area contributed by atoms with Crippen molar-refractivity contribution in [2.24, 2.45) is 34.0 Å². The van der Waals surface area contributed by atoms with Gasteiger partial charge in [-0.25, -0.2) is 10.0 Å². The number of hydrogen-bond donors (Lipinski definition) is 3. The molecule has 1 spiro atoms. The summed E-state index contributed by atoms with van der Waals surface area (Å²) in [5.41, 5.74) is -0.400. The molecule has 5 aliphatic rings. The smallest absolute Gasteiger partial charge is 0.339 e. The van der Waals surface area contributed by atoms with E-state index in [9.17, 15) is 20.3 Å². The van der Waals surface area contributed by atoms with Crippen LogP contribution in [0.25, 0.3) is 21.5 Å². The van der Waals surface area contributed by atoms with Gasteiger partial charge in [-0.15, -0.1) is 0 Å². The van der Waals surface area contributed by atoms with Crippen LogP contribution in [-0.2, 0) is 4.74 Å². The lowest BCUT2D eigenvalue weighted by Crippen LogP contribution is -2.99. The summed E-state index contributed by atoms with van der Waals surface area (Å²) in [5.74, 6) is 1.91. The highest BCUT2D eigenvalue weighted by atomic mass is 16.8. The van der Waals surface area contributed by atoms with E-state index in [2.05, 4.69) is 20.8 Å². The number of hydrogen-bond acceptors (Lipinski definition) is 8. The van der Waals surface area contributed by atoms with Crippen LogP contribution >= 0.6 is 0 Å². The second kappa shape index (κ2) is 10.2. The lowest BCUT2D eigenvalue weighted by atomic mass is 9.41. The third kappa shape index (κ3) is 4.17. The SMILES string of the molecule is COc1cccc2c1cc([NH+]([O-])O)c1c(C(=O)OC[C@@]3(O)C[C@@]45CC[C@@H]6C(C)(C)CCC[C@@]6(C)[C@@H]4CC[C@@H]3C5)cc3c(c12)OCO3. The molecule has 0 amide bonds. The van der Waals surface area contributed by atoms with E-state index in [1.807, 2.05) is 12.1 Å². The number of ether oxygens (including phenoxy) is 4. The van der Waals surface area contributed by atoms with Crippen LogP contribution in [-0.4, -0.2) is 42.4 Å². The van der Waals surface area contributed by atoms with E-state index in [4.69, 9.17) is 18.9 Å². The van der Waals surface area contributed by atoms with E-state index in [-0.39, 0.29) is 46.8 Å². The molecule has 1 aliphatic heterocycles. The van der Waals surface area contributed by atoms with Crippen LogP contribution in [0, 0.1) is 39.2 Å². The van der Waals surface area contributed by atoms with Crippen molar-refractivity contribution in [3.63, 3.8) is 0 Å². The normalized spacial score (nSPS) is 34.6. The Bertz CT molecular complexity index is 1750. The van der Waals surface area contributed by atoms with Crippen molar-refractivity contribution in [1.82, 2.24) is 0 Å². The molecule has 0 aromatic heterocycles. The number of esters is 1. The van der Waals surface area contributed by atoms with Crippen LogP contribution in [0.1, 0.15) is 88.9 Å². The molecule has 9 nitrogen and oxygen atoms in total. The highest BCUT2D eigenvalue weighted by Crippen LogP contribution is 2.73. The van der Waals surface area contributed by atoms with Crippen LogP contribution in [0.4, 0.5) is 5.69 Å². The summed E-state index contributed by atoms with van der Waals surface area (Å²) in [6, 6.07) is 8.48. The monoisotopic (exact) mass is 631 g/mol. The molecule has 3 aromatic carbocycles. The van der Waals surface area contributed by atoms with Crippen molar-refractivity contribution in [1.29, 1.82) is 0 Å². The fraction of sp³-hybridized carbons (Fsp3) is 0.595. The van der Waals surface area contributed by atoms with E-state index in [1.54, 1.807) is 6.07 Å². The Morgan fingerprint density at radius 1 is 1.04 bits per heavy atom. The predicted octanol–water partition coefficient (Wildman–Crippen LogP) is 6.45. The second-order valence-corrected chi connectivity index (χ2v) is 15.9. The molecule has 4 fully saturated rings. The number of fused-ring (bicyclic) bond motifs is 8. The standard InChI is InChI=1S/C37H45NO8/c1-34(2)12-6-13-35(3)28(34)11-14-36-17-21(9-10-29(35)36)37(40,18-36)19-44-33(39)24-16-27-32(46-20-45-27)31-22-7-5-8-26(43-4)23(22)15-25(30(24)31)38(41)42/h5,7-8,15-16,21,28-29,38,40-41H,6,9-14,17-20H2,1-4H3/t21-,28-,29+,35-,36+,37+/m1/s1. The molecule has 1 unspecified atom stereocenters. The quantitative estimate of drug-likeness (QED) is 0.167. The summed E-state index contributed by atoms with van der Waals surface area (Å²) in [5, 5.41) is 36.0. The van der Waals surface area contributed by atoms with Gasteiger partial charge in [-0.1, -0.05) is 39.3 Å². The van der Waals surface area contributed by atoms with E-state index < -0.39 is 16.8 Å². The third-order valence-electron chi connectivity index (χ3n) is 13.3. The Labute approximate surface area is 269 Å². The Hall–Kier alpha value is -3.11. The first-order chi connectivity index (χ1) is 21.9. The summed E-state index contributed by atoms with van der Waals surface area (Å²) in [6.45, 7) is 7.28. The maximum Gasteiger partial charge on any atom is 0.339 e. The van der Waals surface area contributed by atoms with Crippen molar-refractivity contribution in [2.45, 2.75) is 84.2 Å². The maximum atomic E-state index is 14.0. The minimum atomic E-state index is -1.19. The third-order valence-corrected chi connectivity index (χ3v) is 13.3. The Morgan fingerprint density at radius 2 is 1.87 bits per heavy atom. The average molecular weight is 632 g/mol. The Balaban J connectivity index is 1.14. The summed E-state index contributed by atoms with van der Waals surface area (Å²) in [6.07, 6.45) is 9.83. The highest BCUT2D eigenvalue weighted by molar-refractivity contribution is 6.22. The largest absolute Gasteiger partial charge is 0.595 e. The lowest BCUT2D eigenvalue weighted by Gasteiger charge is -2.64. The summed E-state index contributed by atoms with van der Waals surface area (Å²) in [4.78, 5) is 14.0. The molecular weight excluding hydrogens is 586 g/mol. The second-order valence-electron chi connectivity index (χ2n) is 15.9. The van der Waals surface area contributed by atoms with Crippen LogP contribution < -0.4 is 19.4 Å². The molecule has 1 heterocycles. The van der Waals surface area contributed by atoms with Crippen LogP contribution in [0.15, 0.2) is 30.3 Å². The number of quaternary nitrogens is 1. The van der Waals surface area contributed by atoms with Gasteiger partial charge in [-0.3, -0.25) is 0 Å². The van der Waals surface area contributed by atoms with Gasteiger partial charge >= 0.3 is 5.97 Å². The van der Waals surface area contributed by atoms with Gasteiger partial charge in [-0.05, 0) is 103 Å². The minimum absolute atomic E-state index is 0.0483. The zero-order valence-electron chi connectivity index (χ0n) is 27.2. The van der Waals surface area contributed by atoms with Gasteiger partial charge in [0.05, 0.1) is 18.1 Å². The van der Waals surface area contributed by atoms with Gasteiger partial charge in [0.2, 0.25) is 6.79 Å². The van der Waals surface area contributed by atoms with Crippen LogP contribution in [0.2, 0.25) is 0 Å². The van der Waals surface area contributed by atoms with Crippen molar-refractivity contribution in [3.05, 3.63) is 41.1 Å². The molecule has 0 saturated heterocycles. The number of carbonyl (C=O) groups excluding carboxylic acids is 1. The van der Waals surface area contributed by atoms with Crippen molar-refractivity contribution < 1.29 is 39.3 Å². The van der Waals surface area contributed by atoms with Crippen molar-refractivity contribution in [2.75, 3.05) is 20.5 Å². The predicted molar refractivity (Wildman–Crippen MR) is 171 cm³/mol. The zero-order valence-corrected chi connectivity index (χ0v) is 27.2. The maximum absolute atomic E-state index is 14.0. The molecule has 4 saturated carbocycles. The molecule has 46 heavy (non-hydrogen) atoms. The number of rotatable bonds is 5. The van der Waals surface area contributed by atoms with Gasteiger partial charge in [-0.2, -0.15) is 5.23 Å². The van der Waals surface area contributed by atoms with Crippen LogP contribution in [0.5, 0.6) is 17.2 Å². The summed E-state index contributed by atoms with van der Waals surface area (Å²) in [7, 11) is 1.53. The molecule has 4 aliphatic carbocycles. The fourth-order valence-electron chi connectivity index (χ4n) is 11.6. The molecule has 9 heteroatoms. The van der Waals surface area contributed by atoms with Gasteiger partial charge in [0, 0.05) is 16.8 Å². The minimum Gasteiger partial charge on any atom is -0.595 e. The number of methoxy groups -OCH3 is 1. The number of carbonyl (C=O) groups is 1. The van der Waals surface area contributed by atoms with E-state index in [0.717, 1.165) is 25.7 Å². The molecule has 246 valence electrons. The first kappa shape index (κ1) is 30.2. The Morgan fingerprint density at radius 3 is 2.65 bits per heavy atom. The number of benzene rings is 3. The molecule has 8 rings (SSSR count). The summed E-state index contributed by atoms with van der Waals surface area (Å²) >= 11 is 0. The van der Waals surface area contributed by atoms with Crippen LogP contribution in [0.3, 0.4) is 0 Å². The Kier molecular flexibility index (Phi) is 6.70. The van der Waals surface area contributed by atoms with E-state index in [1.165, 1.54) is 44.9 Å². The molecular formula is C37H45NO8. The van der Waals surface area contributed by atoms with Crippen molar-refractivity contribution >= 4 is 33.2 Å². The van der Waals surface area contributed by atoms with E-state index in [0.29, 0.717) is 57.1 Å². The first-order valence-electron chi connectivity index (χ1n) is 16.9. The number of aliphatic hydroxyl groups is 1. The zero-order chi connectivity index (χ0) is 32.2. The van der Waals surface area contributed by atoms with E-state index >= 15 is 0 Å². The topological polar surface area (TPSA) is 122 Å². The molecule has 0 radical (unpaired) electrons. The van der Waals surface area contributed by atoms with Gasteiger partial charge < -0.3 is 29.3 Å². The molecule has 7 atom stereocenters. The van der Waals surface area contributed by atoms with Crippen molar-refractivity contribution in [3.8, 4) is 17.2 Å². The summed E-state index contributed by atoms with van der Waals surface area (Å²) < 4.78 is 23.1. The van der Waals surface area contributed by atoms with Gasteiger partial charge in [0.1, 0.15) is 18.0 Å². The molecule has 3 N–H and O–H groups in total.